The van der Waals surface area contributed by atoms with Crippen LogP contribution in [0.3, 0.4) is 0 Å². The predicted octanol–water partition coefficient (Wildman–Crippen LogP) is 3.14. The predicted molar refractivity (Wildman–Crippen MR) is 103 cm³/mol. The molecule has 0 bridgehead atoms. The molecule has 0 saturated heterocycles. The third-order valence-electron chi connectivity index (χ3n) is 4.15. The third-order valence-corrected chi connectivity index (χ3v) is 5.29. The second-order valence-electron chi connectivity index (χ2n) is 5.70. The van der Waals surface area contributed by atoms with Crippen LogP contribution in [0.25, 0.3) is 0 Å². The Labute approximate surface area is 156 Å². The SMILES string of the molecule is CO/N=C(\C)C1(CO)C(=O)N(c2ccccc2)N=C1Sc1ccccc1. The normalized spacial score (nSPS) is 20.3. The van der Waals surface area contributed by atoms with Gasteiger partial charge < -0.3 is 9.94 Å². The van der Waals surface area contributed by atoms with E-state index in [4.69, 9.17) is 4.84 Å². The molecule has 1 unspecified atom stereocenters. The zero-order chi connectivity index (χ0) is 18.6. The van der Waals surface area contributed by atoms with Crippen LogP contribution in [-0.2, 0) is 9.63 Å². The minimum atomic E-state index is -1.37. The number of aliphatic hydroxyl groups is 1. The molecule has 3 rings (SSSR count). The molecule has 2 aromatic rings. The lowest BCUT2D eigenvalue weighted by Gasteiger charge is -2.26. The van der Waals surface area contributed by atoms with Crippen LogP contribution in [0.15, 0.2) is 75.8 Å². The number of hydrogen-bond donors (Lipinski definition) is 1. The Balaban J connectivity index is 2.10. The van der Waals surface area contributed by atoms with Crippen LogP contribution >= 0.6 is 11.8 Å². The topological polar surface area (TPSA) is 74.5 Å². The molecular weight excluding hydrogens is 350 g/mol. The van der Waals surface area contributed by atoms with Crippen LogP contribution < -0.4 is 5.01 Å². The molecule has 6 nitrogen and oxygen atoms in total. The van der Waals surface area contributed by atoms with Crippen molar-refractivity contribution < 1.29 is 14.7 Å². The fourth-order valence-electron chi connectivity index (χ4n) is 2.72. The molecule has 0 radical (unpaired) electrons. The first-order valence-corrected chi connectivity index (χ1v) is 8.86. The lowest BCUT2D eigenvalue weighted by atomic mass is 9.84. The summed E-state index contributed by atoms with van der Waals surface area (Å²) in [5.74, 6) is -0.358. The summed E-state index contributed by atoms with van der Waals surface area (Å²) in [6.45, 7) is 1.21. The molecule has 26 heavy (non-hydrogen) atoms. The number of hydrogen-bond acceptors (Lipinski definition) is 6. The molecule has 7 heteroatoms. The Morgan fingerprint density at radius 1 is 1.19 bits per heavy atom. The summed E-state index contributed by atoms with van der Waals surface area (Å²) in [5, 5.41) is 20.5. The van der Waals surface area contributed by atoms with Gasteiger partial charge in [0.05, 0.1) is 18.0 Å². The lowest BCUT2D eigenvalue weighted by molar-refractivity contribution is -0.122. The molecule has 1 amide bonds. The first kappa shape index (κ1) is 18.2. The van der Waals surface area contributed by atoms with Crippen LogP contribution in [0.5, 0.6) is 0 Å². The number of amides is 1. The first-order chi connectivity index (χ1) is 12.6. The number of anilines is 1. The molecule has 0 aliphatic carbocycles. The number of hydrazone groups is 1. The second-order valence-corrected chi connectivity index (χ2v) is 6.76. The van der Waals surface area contributed by atoms with Crippen molar-refractivity contribution in [3.05, 3.63) is 60.7 Å². The van der Waals surface area contributed by atoms with Gasteiger partial charge in [0.2, 0.25) is 0 Å². The van der Waals surface area contributed by atoms with E-state index in [1.165, 1.54) is 23.9 Å². The molecule has 1 aliphatic heterocycles. The van der Waals surface area contributed by atoms with Crippen LogP contribution in [0.2, 0.25) is 0 Å². The van der Waals surface area contributed by atoms with Crippen LogP contribution in [0.1, 0.15) is 6.92 Å². The van der Waals surface area contributed by atoms with Gasteiger partial charge in [0.25, 0.3) is 5.91 Å². The summed E-state index contributed by atoms with van der Waals surface area (Å²) in [7, 11) is 1.41. The number of nitrogens with zero attached hydrogens (tertiary/aromatic N) is 3. The quantitative estimate of drug-likeness (QED) is 0.649. The highest BCUT2D eigenvalue weighted by Gasteiger charge is 2.54. The Morgan fingerprint density at radius 2 is 1.81 bits per heavy atom. The maximum atomic E-state index is 13.3. The lowest BCUT2D eigenvalue weighted by Crippen LogP contribution is -2.47. The summed E-state index contributed by atoms with van der Waals surface area (Å²) in [4.78, 5) is 19.1. The molecule has 2 aromatic carbocycles. The van der Waals surface area contributed by atoms with Gasteiger partial charge in [-0.1, -0.05) is 53.3 Å². The first-order valence-electron chi connectivity index (χ1n) is 8.04. The highest BCUT2D eigenvalue weighted by Crippen LogP contribution is 2.40. The number of oxime groups is 1. The summed E-state index contributed by atoms with van der Waals surface area (Å²) in [6, 6.07) is 18.7. The van der Waals surface area contributed by atoms with E-state index in [0.717, 1.165) is 4.90 Å². The molecule has 0 fully saturated rings. The highest BCUT2D eigenvalue weighted by molar-refractivity contribution is 8.14. The molecule has 1 heterocycles. The van der Waals surface area contributed by atoms with E-state index in [1.807, 2.05) is 48.5 Å². The minimum absolute atomic E-state index is 0.355. The Kier molecular flexibility index (Phi) is 5.39. The van der Waals surface area contributed by atoms with Crippen molar-refractivity contribution in [3.8, 4) is 0 Å². The maximum Gasteiger partial charge on any atom is 0.268 e. The molecule has 1 aliphatic rings. The maximum absolute atomic E-state index is 13.3. The van der Waals surface area contributed by atoms with Gasteiger partial charge in [0.15, 0.2) is 5.41 Å². The molecule has 1 atom stereocenters. The molecular formula is C19H19N3O3S. The number of carbonyl (C=O) groups excluding carboxylic acids is 1. The van der Waals surface area contributed by atoms with E-state index in [-0.39, 0.29) is 5.91 Å². The average Bonchev–Trinajstić information content (AvgIpc) is 2.96. The van der Waals surface area contributed by atoms with Crippen molar-refractivity contribution in [2.45, 2.75) is 11.8 Å². The van der Waals surface area contributed by atoms with Gasteiger partial charge in [-0.2, -0.15) is 10.1 Å². The fraction of sp³-hybridized carbons (Fsp3) is 0.211. The van der Waals surface area contributed by atoms with Gasteiger partial charge in [-0.25, -0.2) is 0 Å². The third kappa shape index (κ3) is 3.11. The number of benzene rings is 2. The largest absolute Gasteiger partial charge is 0.399 e. The van der Waals surface area contributed by atoms with E-state index in [0.29, 0.717) is 16.4 Å². The Hall–Kier alpha value is -2.64. The number of rotatable bonds is 5. The number of carbonyl (C=O) groups is 1. The zero-order valence-electron chi connectivity index (χ0n) is 14.5. The van der Waals surface area contributed by atoms with Crippen molar-refractivity contribution >= 4 is 34.1 Å². The summed E-state index contributed by atoms with van der Waals surface area (Å²) >= 11 is 1.33. The van der Waals surface area contributed by atoms with E-state index in [2.05, 4.69) is 10.3 Å². The summed E-state index contributed by atoms with van der Waals surface area (Å²) in [6.07, 6.45) is 0. The summed E-state index contributed by atoms with van der Waals surface area (Å²) < 4.78 is 0. The monoisotopic (exact) mass is 369 g/mol. The van der Waals surface area contributed by atoms with E-state index in [9.17, 15) is 9.90 Å². The minimum Gasteiger partial charge on any atom is -0.399 e. The standard InChI is InChI=1S/C19H19N3O3S/c1-14(21-25-2)19(13-23)17(26-16-11-7-4-8-12-16)20-22(18(19)24)15-9-5-3-6-10-15/h3-12,23H,13H2,1-2H3/b21-14+. The van der Waals surface area contributed by atoms with Crippen molar-refractivity contribution in [2.24, 2.45) is 15.7 Å². The smallest absolute Gasteiger partial charge is 0.268 e. The van der Waals surface area contributed by atoms with Crippen LogP contribution in [0.4, 0.5) is 5.69 Å². The number of para-hydroxylation sites is 1. The van der Waals surface area contributed by atoms with Crippen molar-refractivity contribution in [1.82, 2.24) is 0 Å². The van der Waals surface area contributed by atoms with Crippen LogP contribution in [-0.4, -0.2) is 35.5 Å². The van der Waals surface area contributed by atoms with Crippen molar-refractivity contribution in [1.29, 1.82) is 0 Å². The average molecular weight is 369 g/mol. The summed E-state index contributed by atoms with van der Waals surface area (Å²) in [5.41, 5.74) is -0.385. The zero-order valence-corrected chi connectivity index (χ0v) is 15.3. The Bertz CT molecular complexity index is 840. The van der Waals surface area contributed by atoms with Crippen molar-refractivity contribution in [3.63, 3.8) is 0 Å². The fourth-order valence-corrected chi connectivity index (χ4v) is 3.83. The Morgan fingerprint density at radius 3 is 2.38 bits per heavy atom. The van der Waals surface area contributed by atoms with E-state index >= 15 is 0 Å². The van der Waals surface area contributed by atoms with Gasteiger partial charge in [0, 0.05) is 4.90 Å². The molecule has 134 valence electrons. The van der Waals surface area contributed by atoms with Gasteiger partial charge in [-0.05, 0) is 31.2 Å². The number of thioether (sulfide) groups is 1. The van der Waals surface area contributed by atoms with Gasteiger partial charge in [0.1, 0.15) is 12.2 Å². The highest BCUT2D eigenvalue weighted by atomic mass is 32.2. The van der Waals surface area contributed by atoms with Gasteiger partial charge >= 0.3 is 0 Å². The van der Waals surface area contributed by atoms with Crippen LogP contribution in [0, 0.1) is 5.41 Å². The molecule has 0 spiro atoms. The van der Waals surface area contributed by atoms with Gasteiger partial charge in [-0.3, -0.25) is 4.79 Å². The molecule has 0 aromatic heterocycles. The van der Waals surface area contributed by atoms with Gasteiger partial charge in [-0.15, -0.1) is 0 Å². The molecule has 1 N–H and O–H groups in total. The van der Waals surface area contributed by atoms with Crippen molar-refractivity contribution in [2.75, 3.05) is 18.7 Å². The second kappa shape index (κ2) is 7.72. The molecule has 0 saturated carbocycles. The number of aliphatic hydroxyl groups excluding tert-OH is 1. The van der Waals surface area contributed by atoms with E-state index in [1.54, 1.807) is 19.1 Å². The van der Waals surface area contributed by atoms with E-state index < -0.39 is 12.0 Å².